The largest absolute Gasteiger partial charge is 1.00 e. The van der Waals surface area contributed by atoms with Crippen molar-refractivity contribution in [2.75, 3.05) is 19.8 Å². The van der Waals surface area contributed by atoms with Gasteiger partial charge in [-0.3, -0.25) is 4.52 Å². The molecule has 2 atom stereocenters. The number of phosphoric acid groups is 2. The number of phosphoric ester groups is 1. The average molecular weight is 406 g/mol. The Morgan fingerprint density at radius 1 is 1.22 bits per heavy atom. The van der Waals surface area contributed by atoms with E-state index in [1.807, 2.05) is 0 Å². The molecule has 0 bridgehead atoms. The van der Waals surface area contributed by atoms with Gasteiger partial charge in [-0.1, -0.05) is 6.58 Å². The van der Waals surface area contributed by atoms with Crippen LogP contribution < -0.4 is 88.7 Å². The molecule has 0 saturated carbocycles. The van der Waals surface area contributed by atoms with Crippen LogP contribution in [0.5, 0.6) is 0 Å². The van der Waals surface area contributed by atoms with E-state index in [9.17, 15) is 13.9 Å². The standard InChI is InChI=1S/C8H16O10P2.3Na.3H/c1-3-8(9)17-7(2)6-15-4-5-16-20(13,14)18-19(10,11)12;;;;;;/h3,7H,1,4-6H2,2H3,(H,13,14)(H2,10,11,12);;;;;;/q;3*+1;3*-1. The van der Waals surface area contributed by atoms with Crippen LogP contribution in [0.4, 0.5) is 0 Å². The minimum atomic E-state index is -5.12. The molecule has 0 amide bonds. The van der Waals surface area contributed by atoms with Crippen molar-refractivity contribution in [2.45, 2.75) is 13.0 Å². The Bertz CT molecular complexity index is 442. The van der Waals surface area contributed by atoms with Gasteiger partial charge < -0.3 is 28.4 Å². The minimum absolute atomic E-state index is 0. The van der Waals surface area contributed by atoms with Crippen LogP contribution in [0.2, 0.25) is 0 Å². The molecule has 0 aromatic carbocycles. The summed E-state index contributed by atoms with van der Waals surface area (Å²) in [5.74, 6) is -0.618. The molecule has 0 saturated heterocycles. The summed E-state index contributed by atoms with van der Waals surface area (Å²) in [6.07, 6.45) is 0.425. The number of esters is 1. The zero-order valence-electron chi connectivity index (χ0n) is 16.6. The van der Waals surface area contributed by atoms with Crippen molar-refractivity contribution < 1.29 is 140 Å². The van der Waals surface area contributed by atoms with Crippen molar-refractivity contribution in [3.63, 3.8) is 0 Å². The Morgan fingerprint density at radius 3 is 2.17 bits per heavy atom. The van der Waals surface area contributed by atoms with E-state index in [4.69, 9.17) is 24.2 Å². The van der Waals surface area contributed by atoms with Gasteiger partial charge in [0.05, 0.1) is 19.8 Å². The summed E-state index contributed by atoms with van der Waals surface area (Å²) in [4.78, 5) is 36.3. The maximum atomic E-state index is 11.0. The van der Waals surface area contributed by atoms with Crippen LogP contribution >= 0.6 is 15.6 Å². The number of carbonyl (C=O) groups excluding carboxylic acids is 1. The molecule has 0 aliphatic rings. The van der Waals surface area contributed by atoms with Crippen LogP contribution in [0.15, 0.2) is 12.7 Å². The maximum Gasteiger partial charge on any atom is 1.00 e. The summed E-state index contributed by atoms with van der Waals surface area (Å²) in [6, 6.07) is 0. The molecule has 0 aliphatic heterocycles. The molecule has 0 rings (SSSR count). The number of carbonyl (C=O) groups is 1. The zero-order valence-corrected chi connectivity index (χ0v) is 21.4. The molecule has 0 aromatic rings. The second kappa shape index (κ2) is 16.6. The number of hydrogen-bond donors (Lipinski definition) is 3. The van der Waals surface area contributed by atoms with E-state index >= 15 is 0 Å². The van der Waals surface area contributed by atoms with Gasteiger partial charge in [0.2, 0.25) is 0 Å². The van der Waals surface area contributed by atoms with Crippen molar-refractivity contribution in [2.24, 2.45) is 0 Å². The van der Waals surface area contributed by atoms with Gasteiger partial charge in [-0.2, -0.15) is 4.31 Å². The number of rotatable bonds is 10. The average Bonchev–Trinajstić information content (AvgIpc) is 2.24. The number of hydrogen-bond acceptors (Lipinski definition) is 7. The molecule has 0 heterocycles. The Kier molecular flexibility index (Phi) is 23.8. The summed E-state index contributed by atoms with van der Waals surface area (Å²) in [6.45, 7) is 4.13. The van der Waals surface area contributed by atoms with Crippen LogP contribution in [0.1, 0.15) is 11.2 Å². The topological polar surface area (TPSA) is 149 Å². The van der Waals surface area contributed by atoms with Gasteiger partial charge in [0.25, 0.3) is 0 Å². The molecule has 3 N–H and O–H groups in total. The summed E-state index contributed by atoms with van der Waals surface area (Å²) in [7, 11) is -9.97. The molecule has 15 heteroatoms. The monoisotopic (exact) mass is 406 g/mol. The first-order valence-corrected chi connectivity index (χ1v) is 8.23. The second-order valence-electron chi connectivity index (χ2n) is 3.40. The number of ether oxygens (including phenoxy) is 2. The molecule has 0 aliphatic carbocycles. The van der Waals surface area contributed by atoms with Crippen molar-refractivity contribution in [3.05, 3.63) is 12.7 Å². The van der Waals surface area contributed by atoms with Crippen molar-refractivity contribution in [1.29, 1.82) is 0 Å². The molecule has 0 spiro atoms. The van der Waals surface area contributed by atoms with E-state index in [0.717, 1.165) is 6.08 Å². The van der Waals surface area contributed by atoms with Crippen molar-refractivity contribution in [1.82, 2.24) is 0 Å². The predicted octanol–water partition coefficient (Wildman–Crippen LogP) is -8.30. The normalized spacial score (nSPS) is 14.1. The van der Waals surface area contributed by atoms with E-state index in [2.05, 4.69) is 15.4 Å². The van der Waals surface area contributed by atoms with Crippen molar-refractivity contribution in [3.8, 4) is 0 Å². The summed E-state index contributed by atoms with van der Waals surface area (Å²) in [5, 5.41) is 0. The van der Waals surface area contributed by atoms with Crippen LogP contribution in [0, 0.1) is 0 Å². The molecular weight excluding hydrogens is 387 g/mol. The fourth-order valence-corrected chi connectivity index (χ4v) is 2.47. The molecule has 0 aromatic heterocycles. The molecular formula is C8H19Na3O10P2. The van der Waals surface area contributed by atoms with E-state index in [0.29, 0.717) is 0 Å². The third-order valence-electron chi connectivity index (χ3n) is 1.53. The Morgan fingerprint density at radius 2 is 1.74 bits per heavy atom. The molecule has 10 nitrogen and oxygen atoms in total. The first-order valence-electron chi connectivity index (χ1n) is 5.21. The van der Waals surface area contributed by atoms with Crippen molar-refractivity contribution >= 4 is 21.6 Å². The third-order valence-corrected chi connectivity index (χ3v) is 3.71. The predicted molar refractivity (Wildman–Crippen MR) is 68.8 cm³/mol. The molecule has 2 unspecified atom stereocenters. The molecule has 0 fully saturated rings. The Labute approximate surface area is 204 Å². The zero-order chi connectivity index (χ0) is 15.8. The molecule has 0 radical (unpaired) electrons. The Balaban J connectivity index is -0.000000120. The molecule has 23 heavy (non-hydrogen) atoms. The van der Waals surface area contributed by atoms with Gasteiger partial charge in [0.1, 0.15) is 6.10 Å². The quantitative estimate of drug-likeness (QED) is 0.105. The third kappa shape index (κ3) is 22.4. The van der Waals surface area contributed by atoms with Gasteiger partial charge in [-0.05, 0) is 6.92 Å². The van der Waals surface area contributed by atoms with Gasteiger partial charge in [0.15, 0.2) is 0 Å². The van der Waals surface area contributed by atoms with E-state index in [1.54, 1.807) is 6.92 Å². The van der Waals surface area contributed by atoms with Gasteiger partial charge in [-0.15, -0.1) is 0 Å². The van der Waals surface area contributed by atoms with E-state index < -0.39 is 34.3 Å². The second-order valence-corrected chi connectivity index (χ2v) is 6.23. The summed E-state index contributed by atoms with van der Waals surface area (Å²) >= 11 is 0. The van der Waals surface area contributed by atoms with E-state index in [-0.39, 0.29) is 106 Å². The van der Waals surface area contributed by atoms with Gasteiger partial charge >= 0.3 is 110 Å². The van der Waals surface area contributed by atoms with Gasteiger partial charge in [-0.25, -0.2) is 13.9 Å². The van der Waals surface area contributed by atoms with E-state index in [1.165, 1.54) is 0 Å². The van der Waals surface area contributed by atoms with Crippen LogP contribution in [0.3, 0.4) is 0 Å². The summed E-state index contributed by atoms with van der Waals surface area (Å²) in [5.41, 5.74) is 0. The first-order chi connectivity index (χ1) is 9.06. The Hall–Kier alpha value is 2.43. The van der Waals surface area contributed by atoms with Crippen LogP contribution in [-0.4, -0.2) is 46.6 Å². The minimum Gasteiger partial charge on any atom is -1.00 e. The maximum absolute atomic E-state index is 11.0. The first kappa shape index (κ1) is 33.0. The fraction of sp³-hybridized carbons (Fsp3) is 0.625. The smallest absolute Gasteiger partial charge is 1.00 e. The van der Waals surface area contributed by atoms with Gasteiger partial charge in [0, 0.05) is 6.08 Å². The molecule has 124 valence electrons. The summed E-state index contributed by atoms with van der Waals surface area (Å²) < 4.78 is 38.8. The van der Waals surface area contributed by atoms with Crippen LogP contribution in [0.25, 0.3) is 0 Å². The fourth-order valence-electron chi connectivity index (χ4n) is 0.899. The SMILES string of the molecule is C=CC(=O)OC(C)COCCOP(=O)(O)OP(=O)(O)O.[H-].[H-].[H-].[Na+].[Na+].[Na+]. The van der Waals surface area contributed by atoms with Crippen LogP contribution in [-0.2, 0) is 32.2 Å².